The van der Waals surface area contributed by atoms with Gasteiger partial charge in [-0.25, -0.2) is 4.79 Å². The van der Waals surface area contributed by atoms with Crippen molar-refractivity contribution in [3.8, 4) is 5.75 Å². The predicted octanol–water partition coefficient (Wildman–Crippen LogP) is 3.33. The summed E-state index contributed by atoms with van der Waals surface area (Å²) in [6.45, 7) is 1.79. The summed E-state index contributed by atoms with van der Waals surface area (Å²) in [6.07, 6.45) is 6.51. The maximum atomic E-state index is 13.0. The first-order valence-electron chi connectivity index (χ1n) is 10.9. The SMILES string of the molecule is COc1ccc2cc(CN(CCCN(C)C)C(=O)NC3CCCCC3)c(=O)[nH]c2c1. The Kier molecular flexibility index (Phi) is 7.74. The number of nitrogens with zero attached hydrogens (tertiary/aromatic N) is 2. The normalized spacial score (nSPS) is 14.8. The van der Waals surface area contributed by atoms with Crippen LogP contribution < -0.4 is 15.6 Å². The Bertz CT molecular complexity index is 903. The van der Waals surface area contributed by atoms with Crippen molar-refractivity contribution in [3.63, 3.8) is 0 Å². The van der Waals surface area contributed by atoms with Gasteiger partial charge in [-0.3, -0.25) is 4.79 Å². The molecule has 0 bridgehead atoms. The van der Waals surface area contributed by atoms with E-state index in [0.717, 1.165) is 36.7 Å². The van der Waals surface area contributed by atoms with Crippen LogP contribution in [0, 0.1) is 0 Å². The summed E-state index contributed by atoms with van der Waals surface area (Å²) >= 11 is 0. The van der Waals surface area contributed by atoms with E-state index in [1.807, 2.05) is 38.4 Å². The highest BCUT2D eigenvalue weighted by Crippen LogP contribution is 2.20. The molecule has 1 saturated carbocycles. The predicted molar refractivity (Wildman–Crippen MR) is 120 cm³/mol. The van der Waals surface area contributed by atoms with E-state index in [1.165, 1.54) is 19.3 Å². The third kappa shape index (κ3) is 5.98. The second-order valence-electron chi connectivity index (χ2n) is 8.44. The smallest absolute Gasteiger partial charge is 0.317 e. The van der Waals surface area contributed by atoms with E-state index >= 15 is 0 Å². The van der Waals surface area contributed by atoms with E-state index in [4.69, 9.17) is 4.74 Å². The lowest BCUT2D eigenvalue weighted by atomic mass is 9.96. The third-order valence-corrected chi connectivity index (χ3v) is 5.74. The molecule has 7 nitrogen and oxygen atoms in total. The highest BCUT2D eigenvalue weighted by Gasteiger charge is 2.21. The van der Waals surface area contributed by atoms with Gasteiger partial charge in [0.25, 0.3) is 5.56 Å². The Morgan fingerprint density at radius 3 is 2.63 bits per heavy atom. The Morgan fingerprint density at radius 1 is 1.17 bits per heavy atom. The maximum absolute atomic E-state index is 13.0. The van der Waals surface area contributed by atoms with Gasteiger partial charge in [-0.15, -0.1) is 0 Å². The highest BCUT2D eigenvalue weighted by atomic mass is 16.5. The third-order valence-electron chi connectivity index (χ3n) is 5.74. The number of benzene rings is 1. The van der Waals surface area contributed by atoms with E-state index in [1.54, 1.807) is 12.0 Å². The van der Waals surface area contributed by atoms with Gasteiger partial charge >= 0.3 is 6.03 Å². The van der Waals surface area contributed by atoms with Gasteiger partial charge in [-0.1, -0.05) is 19.3 Å². The van der Waals surface area contributed by atoms with Gasteiger partial charge in [0.05, 0.1) is 19.2 Å². The molecule has 0 spiro atoms. The van der Waals surface area contributed by atoms with Crippen molar-refractivity contribution in [2.45, 2.75) is 51.1 Å². The molecule has 0 radical (unpaired) electrons. The second kappa shape index (κ2) is 10.5. The number of H-pyrrole nitrogens is 1. The molecule has 2 N–H and O–H groups in total. The van der Waals surface area contributed by atoms with E-state index < -0.39 is 0 Å². The van der Waals surface area contributed by atoms with Crippen LogP contribution in [0.3, 0.4) is 0 Å². The zero-order valence-electron chi connectivity index (χ0n) is 18.4. The molecule has 3 rings (SSSR count). The number of pyridine rings is 1. The molecule has 1 heterocycles. The molecule has 2 aromatic rings. The van der Waals surface area contributed by atoms with Crippen LogP contribution in [0.15, 0.2) is 29.1 Å². The molecule has 1 aliphatic rings. The molecular weight excluding hydrogens is 380 g/mol. The molecule has 0 atom stereocenters. The summed E-state index contributed by atoms with van der Waals surface area (Å²) in [4.78, 5) is 32.5. The van der Waals surface area contributed by atoms with Crippen molar-refractivity contribution in [1.82, 2.24) is 20.1 Å². The zero-order chi connectivity index (χ0) is 21.5. The Morgan fingerprint density at radius 2 is 1.93 bits per heavy atom. The average molecular weight is 415 g/mol. The number of nitrogens with one attached hydrogen (secondary N) is 2. The largest absolute Gasteiger partial charge is 0.497 e. The molecule has 0 aliphatic heterocycles. The van der Waals surface area contributed by atoms with Crippen LogP contribution >= 0.6 is 0 Å². The van der Waals surface area contributed by atoms with Crippen molar-refractivity contribution in [2.24, 2.45) is 0 Å². The molecule has 164 valence electrons. The lowest BCUT2D eigenvalue weighted by molar-refractivity contribution is 0.184. The fourth-order valence-corrected chi connectivity index (χ4v) is 4.02. The van der Waals surface area contributed by atoms with Crippen molar-refractivity contribution >= 4 is 16.9 Å². The fraction of sp³-hybridized carbons (Fsp3) is 0.565. The molecule has 0 saturated heterocycles. The minimum absolute atomic E-state index is 0.0742. The summed E-state index contributed by atoms with van der Waals surface area (Å²) in [5.41, 5.74) is 1.16. The molecule has 1 aliphatic carbocycles. The van der Waals surface area contributed by atoms with E-state index in [0.29, 0.717) is 24.4 Å². The summed E-state index contributed by atoms with van der Waals surface area (Å²) in [5.74, 6) is 0.697. The van der Waals surface area contributed by atoms with Crippen LogP contribution in [0.4, 0.5) is 4.79 Å². The number of hydrogen-bond acceptors (Lipinski definition) is 4. The van der Waals surface area contributed by atoms with E-state index in [-0.39, 0.29) is 17.6 Å². The quantitative estimate of drug-likeness (QED) is 0.695. The first kappa shape index (κ1) is 22.2. The fourth-order valence-electron chi connectivity index (χ4n) is 4.02. The molecule has 30 heavy (non-hydrogen) atoms. The van der Waals surface area contributed by atoms with Gasteiger partial charge in [0, 0.05) is 24.2 Å². The van der Waals surface area contributed by atoms with Crippen LogP contribution in [0.25, 0.3) is 10.9 Å². The molecule has 1 fully saturated rings. The van der Waals surface area contributed by atoms with Crippen molar-refractivity contribution in [3.05, 3.63) is 40.2 Å². The Labute approximate surface area is 178 Å². The van der Waals surface area contributed by atoms with E-state index in [2.05, 4.69) is 15.2 Å². The Balaban J connectivity index is 1.77. The van der Waals surface area contributed by atoms with Gasteiger partial charge in [0.15, 0.2) is 0 Å². The lowest BCUT2D eigenvalue weighted by Crippen LogP contribution is -2.46. The molecule has 0 unspecified atom stereocenters. The highest BCUT2D eigenvalue weighted by molar-refractivity contribution is 5.80. The molecule has 2 amide bonds. The molecular formula is C23H34N4O3. The first-order valence-corrected chi connectivity index (χ1v) is 10.9. The Hall–Kier alpha value is -2.54. The number of rotatable bonds is 8. The summed E-state index contributed by atoms with van der Waals surface area (Å²) in [7, 11) is 5.65. The first-order chi connectivity index (χ1) is 14.5. The number of amides is 2. The van der Waals surface area contributed by atoms with Crippen molar-refractivity contribution in [2.75, 3.05) is 34.3 Å². The number of carbonyl (C=O) groups excluding carboxylic acids is 1. The van der Waals surface area contributed by atoms with Crippen LogP contribution in [-0.2, 0) is 6.54 Å². The number of aromatic nitrogens is 1. The zero-order valence-corrected chi connectivity index (χ0v) is 18.4. The monoisotopic (exact) mass is 414 g/mol. The maximum Gasteiger partial charge on any atom is 0.317 e. The van der Waals surface area contributed by atoms with Gasteiger partial charge in [0.2, 0.25) is 0 Å². The minimum atomic E-state index is -0.168. The number of urea groups is 1. The second-order valence-corrected chi connectivity index (χ2v) is 8.44. The number of hydrogen-bond donors (Lipinski definition) is 2. The summed E-state index contributed by atoms with van der Waals surface area (Å²) in [6, 6.07) is 7.65. The number of ether oxygens (including phenoxy) is 1. The van der Waals surface area contributed by atoms with Gasteiger partial charge in [-0.2, -0.15) is 0 Å². The van der Waals surface area contributed by atoms with Crippen molar-refractivity contribution < 1.29 is 9.53 Å². The van der Waals surface area contributed by atoms with Gasteiger partial charge < -0.3 is 24.8 Å². The molecule has 1 aromatic heterocycles. The number of fused-ring (bicyclic) bond motifs is 1. The van der Waals surface area contributed by atoms with Gasteiger partial charge in [-0.05, 0) is 63.5 Å². The standard InChI is InChI=1S/C23H34N4O3/c1-26(2)12-7-13-27(23(29)24-19-8-5-4-6-9-19)16-18-14-17-10-11-20(30-3)15-21(17)25-22(18)28/h10-11,14-15,19H,4-9,12-13,16H2,1-3H3,(H,24,29)(H,25,28). The van der Waals surface area contributed by atoms with Crippen LogP contribution in [0.2, 0.25) is 0 Å². The number of carbonyl (C=O) groups is 1. The topological polar surface area (TPSA) is 77.7 Å². The summed E-state index contributed by atoms with van der Waals surface area (Å²) < 4.78 is 5.24. The van der Waals surface area contributed by atoms with Crippen LogP contribution in [-0.4, -0.2) is 61.2 Å². The molecule has 1 aromatic carbocycles. The van der Waals surface area contributed by atoms with E-state index in [9.17, 15) is 9.59 Å². The summed E-state index contributed by atoms with van der Waals surface area (Å²) in [5, 5.41) is 4.12. The van der Waals surface area contributed by atoms with Crippen LogP contribution in [0.5, 0.6) is 5.75 Å². The lowest BCUT2D eigenvalue weighted by Gasteiger charge is -2.28. The number of aromatic amines is 1. The van der Waals surface area contributed by atoms with Gasteiger partial charge in [0.1, 0.15) is 5.75 Å². The minimum Gasteiger partial charge on any atom is -0.497 e. The molecule has 7 heteroatoms. The van der Waals surface area contributed by atoms with Crippen molar-refractivity contribution in [1.29, 1.82) is 0 Å². The van der Waals surface area contributed by atoms with Crippen LogP contribution in [0.1, 0.15) is 44.1 Å². The number of methoxy groups -OCH3 is 1. The average Bonchev–Trinajstić information content (AvgIpc) is 2.73.